The molecule has 7 nitrogen and oxygen atoms in total. The minimum absolute atomic E-state index is 0.443. The lowest BCUT2D eigenvalue weighted by Gasteiger charge is -1.89. The largest absolute Gasteiger partial charge is 0.278 e. The molecule has 0 amide bonds. The summed E-state index contributed by atoms with van der Waals surface area (Å²) >= 11 is 0. The molecule has 0 aliphatic carbocycles. The summed E-state index contributed by atoms with van der Waals surface area (Å²) in [4.78, 5) is 12.2. The van der Waals surface area contributed by atoms with E-state index in [0.29, 0.717) is 11.7 Å². The van der Waals surface area contributed by atoms with Crippen molar-refractivity contribution in [3.05, 3.63) is 36.4 Å². The number of nitrogens with zero attached hydrogens (tertiary/aromatic N) is 6. The minimum atomic E-state index is 0.443. The summed E-state index contributed by atoms with van der Waals surface area (Å²) in [5.41, 5.74) is 0.763. The number of aromatic nitrogens is 6. The van der Waals surface area contributed by atoms with Crippen LogP contribution in [0.25, 0.3) is 5.78 Å². The molecule has 0 atom stereocenters. The Morgan fingerprint density at radius 3 is 3.12 bits per heavy atom. The third-order valence-electron chi connectivity index (χ3n) is 2.00. The Morgan fingerprint density at radius 2 is 2.25 bits per heavy atom. The summed E-state index contributed by atoms with van der Waals surface area (Å²) in [6.45, 7) is 0. The second kappa shape index (κ2) is 3.54. The topological polar surface area (TPSA) is 84.1 Å². The summed E-state index contributed by atoms with van der Waals surface area (Å²) in [7, 11) is 0. The number of hydrogen-bond acceptors (Lipinski definition) is 5. The molecule has 3 rings (SSSR count). The number of rotatable bonds is 2. The zero-order chi connectivity index (χ0) is 10.8. The fourth-order valence-electron chi connectivity index (χ4n) is 1.27. The van der Waals surface area contributed by atoms with Crippen molar-refractivity contribution in [3.63, 3.8) is 0 Å². The number of fused-ring (bicyclic) bond motifs is 1. The maximum atomic E-state index is 4.17. The van der Waals surface area contributed by atoms with Crippen molar-refractivity contribution in [2.24, 2.45) is 4.99 Å². The molecule has 0 aliphatic heterocycles. The van der Waals surface area contributed by atoms with Crippen LogP contribution in [0, 0.1) is 0 Å². The number of hydrogen-bond donors (Lipinski definition) is 1. The van der Waals surface area contributed by atoms with Gasteiger partial charge in [0.25, 0.3) is 11.7 Å². The molecular weight excluding hydrogens is 206 g/mol. The van der Waals surface area contributed by atoms with Gasteiger partial charge in [0.2, 0.25) is 0 Å². The SMILES string of the molecule is C(=N\c1nnc2nc[nH]n12)/c1ccccn1. The Balaban J connectivity index is 1.96. The van der Waals surface area contributed by atoms with Gasteiger partial charge >= 0.3 is 0 Å². The van der Waals surface area contributed by atoms with E-state index in [0.717, 1.165) is 5.69 Å². The average molecular weight is 213 g/mol. The van der Waals surface area contributed by atoms with Crippen LogP contribution >= 0.6 is 0 Å². The molecule has 0 saturated heterocycles. The van der Waals surface area contributed by atoms with E-state index in [1.54, 1.807) is 16.9 Å². The van der Waals surface area contributed by atoms with Gasteiger partial charge in [-0.25, -0.2) is 4.99 Å². The van der Waals surface area contributed by atoms with E-state index in [4.69, 9.17) is 0 Å². The van der Waals surface area contributed by atoms with Crippen LogP contribution in [-0.2, 0) is 0 Å². The number of aliphatic imine (C=N–C) groups is 1. The molecule has 0 fully saturated rings. The van der Waals surface area contributed by atoms with Gasteiger partial charge in [0.15, 0.2) is 0 Å². The Labute approximate surface area is 89.9 Å². The maximum Gasteiger partial charge on any atom is 0.273 e. The predicted molar refractivity (Wildman–Crippen MR) is 56.6 cm³/mol. The Morgan fingerprint density at radius 1 is 1.25 bits per heavy atom. The predicted octanol–water partition coefficient (Wildman–Crippen LogP) is 0.598. The first-order chi connectivity index (χ1) is 7.93. The van der Waals surface area contributed by atoms with Gasteiger partial charge in [-0.3, -0.25) is 10.1 Å². The fraction of sp³-hybridized carbons (Fsp3) is 0. The number of aromatic amines is 1. The molecule has 78 valence electrons. The van der Waals surface area contributed by atoms with Gasteiger partial charge in [-0.2, -0.15) is 9.50 Å². The van der Waals surface area contributed by atoms with Crippen molar-refractivity contribution in [2.45, 2.75) is 0 Å². The maximum absolute atomic E-state index is 4.17. The molecule has 3 heterocycles. The van der Waals surface area contributed by atoms with Gasteiger partial charge in [0, 0.05) is 6.20 Å². The van der Waals surface area contributed by atoms with Gasteiger partial charge < -0.3 is 0 Å². The quantitative estimate of drug-likeness (QED) is 0.631. The van der Waals surface area contributed by atoms with Crippen LogP contribution in [0.3, 0.4) is 0 Å². The summed E-state index contributed by atoms with van der Waals surface area (Å²) in [5, 5.41) is 10.5. The third kappa shape index (κ3) is 1.44. The van der Waals surface area contributed by atoms with E-state index < -0.39 is 0 Å². The zero-order valence-corrected chi connectivity index (χ0v) is 8.15. The average Bonchev–Trinajstić information content (AvgIpc) is 2.90. The molecule has 0 saturated carbocycles. The first-order valence-electron chi connectivity index (χ1n) is 4.63. The van der Waals surface area contributed by atoms with E-state index in [1.807, 2.05) is 18.2 Å². The van der Waals surface area contributed by atoms with Crippen LogP contribution in [0.2, 0.25) is 0 Å². The van der Waals surface area contributed by atoms with Crippen LogP contribution < -0.4 is 0 Å². The van der Waals surface area contributed by atoms with Gasteiger partial charge in [0.05, 0.1) is 11.9 Å². The van der Waals surface area contributed by atoms with Gasteiger partial charge in [-0.05, 0) is 12.1 Å². The Bertz CT molecular complexity index is 621. The minimum Gasteiger partial charge on any atom is -0.278 e. The lowest BCUT2D eigenvalue weighted by molar-refractivity contribution is 0.950. The molecular formula is C9H7N7. The molecule has 3 aromatic rings. The summed E-state index contributed by atoms with van der Waals surface area (Å²) in [6.07, 6.45) is 4.86. The lowest BCUT2D eigenvalue weighted by Crippen LogP contribution is -1.87. The van der Waals surface area contributed by atoms with Crippen molar-refractivity contribution in [1.29, 1.82) is 0 Å². The molecule has 0 spiro atoms. The van der Waals surface area contributed by atoms with Gasteiger partial charge in [0.1, 0.15) is 6.33 Å². The van der Waals surface area contributed by atoms with Crippen molar-refractivity contribution < 1.29 is 0 Å². The van der Waals surface area contributed by atoms with Crippen molar-refractivity contribution in [3.8, 4) is 0 Å². The summed E-state index contributed by atoms with van der Waals surface area (Å²) < 4.78 is 1.58. The highest BCUT2D eigenvalue weighted by Crippen LogP contribution is 2.06. The van der Waals surface area contributed by atoms with E-state index in [2.05, 4.69) is 30.3 Å². The first kappa shape index (κ1) is 8.72. The van der Waals surface area contributed by atoms with Crippen LogP contribution in [0.1, 0.15) is 5.69 Å². The molecule has 0 bridgehead atoms. The number of H-pyrrole nitrogens is 1. The van der Waals surface area contributed by atoms with E-state index in [1.165, 1.54) is 6.33 Å². The molecule has 0 unspecified atom stereocenters. The number of pyridine rings is 1. The molecule has 3 aromatic heterocycles. The Kier molecular flexibility index (Phi) is 1.93. The van der Waals surface area contributed by atoms with Gasteiger partial charge in [-0.15, -0.1) is 10.2 Å². The molecule has 0 aromatic carbocycles. The second-order valence-corrected chi connectivity index (χ2v) is 3.04. The normalized spacial score (nSPS) is 11.5. The van der Waals surface area contributed by atoms with Crippen molar-refractivity contribution in [2.75, 3.05) is 0 Å². The molecule has 7 heteroatoms. The van der Waals surface area contributed by atoms with Crippen LogP contribution in [0.15, 0.2) is 35.7 Å². The second-order valence-electron chi connectivity index (χ2n) is 3.04. The third-order valence-corrected chi connectivity index (χ3v) is 2.00. The highest BCUT2D eigenvalue weighted by molar-refractivity contribution is 5.78. The molecule has 0 radical (unpaired) electrons. The monoisotopic (exact) mass is 213 g/mol. The standard InChI is InChI=1S/C9H7N7/c1-2-4-10-7(3-1)5-11-8-14-15-9-12-6-13-16(8)9/h1-6H,(H,12,13,15)/b11-5+. The first-order valence-corrected chi connectivity index (χ1v) is 4.63. The molecule has 1 N–H and O–H groups in total. The van der Waals surface area contributed by atoms with Crippen LogP contribution in [0.4, 0.5) is 5.95 Å². The van der Waals surface area contributed by atoms with Crippen molar-refractivity contribution >= 4 is 17.9 Å². The van der Waals surface area contributed by atoms with E-state index in [9.17, 15) is 0 Å². The fourth-order valence-corrected chi connectivity index (χ4v) is 1.27. The summed E-state index contributed by atoms with van der Waals surface area (Å²) in [6, 6.07) is 5.60. The van der Waals surface area contributed by atoms with Crippen LogP contribution in [0.5, 0.6) is 0 Å². The smallest absolute Gasteiger partial charge is 0.273 e. The van der Waals surface area contributed by atoms with E-state index in [-0.39, 0.29) is 0 Å². The number of nitrogens with one attached hydrogen (secondary N) is 1. The summed E-state index contributed by atoms with van der Waals surface area (Å²) in [5.74, 6) is 0.936. The van der Waals surface area contributed by atoms with E-state index >= 15 is 0 Å². The lowest BCUT2D eigenvalue weighted by atomic mass is 10.4. The highest BCUT2D eigenvalue weighted by atomic mass is 15.4. The Hall–Kier alpha value is -2.57. The zero-order valence-electron chi connectivity index (χ0n) is 8.15. The molecule has 0 aliphatic rings. The highest BCUT2D eigenvalue weighted by Gasteiger charge is 2.03. The van der Waals surface area contributed by atoms with Crippen LogP contribution in [-0.4, -0.2) is 36.0 Å². The molecule has 16 heavy (non-hydrogen) atoms. The van der Waals surface area contributed by atoms with Gasteiger partial charge in [-0.1, -0.05) is 6.07 Å². The van der Waals surface area contributed by atoms with Crippen molar-refractivity contribution in [1.82, 2.24) is 29.8 Å².